The van der Waals surface area contributed by atoms with Crippen molar-refractivity contribution >= 4 is 0 Å². The Hall–Kier alpha value is 0. The van der Waals surface area contributed by atoms with Gasteiger partial charge >= 0.3 is 0 Å². The van der Waals surface area contributed by atoms with Crippen molar-refractivity contribution in [1.82, 2.24) is 0 Å². The van der Waals surface area contributed by atoms with Gasteiger partial charge < -0.3 is 0 Å². The molecule has 0 aromatic rings. The summed E-state index contributed by atoms with van der Waals surface area (Å²) >= 11 is 0. The van der Waals surface area contributed by atoms with Crippen molar-refractivity contribution in [1.29, 1.82) is 0 Å². The summed E-state index contributed by atoms with van der Waals surface area (Å²) in [6, 6.07) is 0. The van der Waals surface area contributed by atoms with Crippen LogP contribution in [0.25, 0.3) is 0 Å². The van der Waals surface area contributed by atoms with Crippen LogP contribution in [0.15, 0.2) is 0 Å². The molecule has 0 aromatic carbocycles. The molecule has 29 unspecified atom stereocenters. The van der Waals surface area contributed by atoms with Crippen molar-refractivity contribution < 1.29 is 0 Å². The molecular formula is C36H30. The van der Waals surface area contributed by atoms with E-state index in [1.54, 1.807) is 25.7 Å². The van der Waals surface area contributed by atoms with E-state index in [0.717, 1.165) is 86.6 Å². The van der Waals surface area contributed by atoms with Crippen LogP contribution in [0.1, 0.15) is 46.5 Å². The third-order valence-corrected chi connectivity index (χ3v) is 29.2. The van der Waals surface area contributed by atoms with Gasteiger partial charge in [-0.2, -0.15) is 0 Å². The summed E-state index contributed by atoms with van der Waals surface area (Å²) in [6.07, 6.45) is 7.13. The third kappa shape index (κ3) is 0.309. The summed E-state index contributed by atoms with van der Waals surface area (Å²) in [4.78, 5) is 0. The molecule has 22 aliphatic carbocycles. The molecule has 22 saturated carbocycles. The summed E-state index contributed by atoms with van der Waals surface area (Å²) in [6.45, 7) is 9.30. The highest BCUT2D eigenvalue weighted by Gasteiger charge is 3.59. The monoisotopic (exact) mass is 462 g/mol. The highest BCUT2D eigenvalue weighted by atomic mass is 15.6. The lowest BCUT2D eigenvalue weighted by Gasteiger charge is -3.57. The molecule has 0 heteroatoms. The van der Waals surface area contributed by atoms with Gasteiger partial charge in [0.25, 0.3) is 0 Å². The molecule has 0 heterocycles. The Bertz CT molecular complexity index is 1970. The molecule has 0 N–H and O–H groups in total. The first-order valence-electron chi connectivity index (χ1n) is 17.5. The second-order valence-electron chi connectivity index (χ2n) is 22.4. The van der Waals surface area contributed by atoms with Gasteiger partial charge in [-0.3, -0.25) is 0 Å². The molecule has 174 valence electrons. The molecule has 22 aliphatic rings. The van der Waals surface area contributed by atoms with Crippen LogP contribution in [-0.2, 0) is 0 Å². The second-order valence-corrected chi connectivity index (χ2v) is 22.4. The van der Waals surface area contributed by atoms with E-state index >= 15 is 0 Å². The standard InChI is InChI=1S/C36H30/c1-21-9-4-8-5-10-16-18-12-7-14-20-19-13-6-11-17-15(9)27(21)29(17)24(11,13)31(19)32(20)25(12,14)30(18)28(16)22(10,2)26(8)23(21,3)33(27)34(26,28)36(30,32)35(29,31)33/h8-20H,4-7H2,1-3H3. The van der Waals surface area contributed by atoms with Crippen LogP contribution in [0.2, 0.25) is 0 Å². The highest BCUT2D eigenvalue weighted by molar-refractivity contribution is 6.03. The Kier molecular flexibility index (Phi) is 0.790. The van der Waals surface area contributed by atoms with Crippen LogP contribution in [0.4, 0.5) is 0 Å². The minimum absolute atomic E-state index is 0.840. The molecule has 0 aromatic heterocycles. The lowest BCUT2D eigenvalue weighted by atomic mass is 8.45. The SMILES string of the molecule is CC12C3CC4CC5C6C7C8CC9C%10C%11C%12CC%13C%14C3C13C%141C%13%12C%11%12C%10%11C89C78C67C5(C)C45C2(C)C32C57C8%11C1%122. The molecule has 0 radical (unpaired) electrons. The first-order valence-corrected chi connectivity index (χ1v) is 17.5. The summed E-state index contributed by atoms with van der Waals surface area (Å²) in [5, 5.41) is 0. The average molecular weight is 463 g/mol. The van der Waals surface area contributed by atoms with E-state index in [0.29, 0.717) is 0 Å². The van der Waals surface area contributed by atoms with Gasteiger partial charge in [0, 0.05) is 0 Å². The minimum Gasteiger partial charge on any atom is -0.0582 e. The Morgan fingerprint density at radius 2 is 0.806 bits per heavy atom. The fraction of sp³-hybridized carbons (Fsp3) is 1.00. The zero-order valence-electron chi connectivity index (χ0n) is 21.3. The van der Waals surface area contributed by atoms with Gasteiger partial charge in [-0.1, -0.05) is 20.8 Å². The third-order valence-electron chi connectivity index (χ3n) is 29.2. The van der Waals surface area contributed by atoms with Crippen LogP contribution < -0.4 is 0 Å². The fourth-order valence-corrected chi connectivity index (χ4v) is 35.9. The van der Waals surface area contributed by atoms with Crippen molar-refractivity contribution in [3.8, 4) is 0 Å². The van der Waals surface area contributed by atoms with Crippen molar-refractivity contribution in [2.24, 2.45) is 164 Å². The van der Waals surface area contributed by atoms with Gasteiger partial charge in [0.1, 0.15) is 0 Å². The Morgan fingerprint density at radius 3 is 1.39 bits per heavy atom. The van der Waals surface area contributed by atoms with Crippen LogP contribution in [0.3, 0.4) is 0 Å². The maximum Gasteiger partial charge on any atom is -0.000742 e. The molecule has 36 heavy (non-hydrogen) atoms. The second kappa shape index (κ2) is 2.09. The van der Waals surface area contributed by atoms with E-state index in [9.17, 15) is 0 Å². The molecule has 22 fully saturated rings. The van der Waals surface area contributed by atoms with E-state index in [4.69, 9.17) is 0 Å². The zero-order chi connectivity index (χ0) is 21.3. The largest absolute Gasteiger partial charge is 0.0582 e. The molecule has 0 saturated heterocycles. The van der Waals surface area contributed by atoms with E-state index in [1.165, 1.54) is 76.9 Å². The lowest BCUT2D eigenvalue weighted by molar-refractivity contribution is -1.13. The zero-order valence-corrected chi connectivity index (χ0v) is 21.3. The molecule has 0 nitrogen and oxygen atoms in total. The van der Waals surface area contributed by atoms with Gasteiger partial charge in [0.05, 0.1) is 0 Å². The predicted molar refractivity (Wildman–Crippen MR) is 120 cm³/mol. The van der Waals surface area contributed by atoms with E-state index in [-0.39, 0.29) is 0 Å². The number of rotatable bonds is 0. The lowest BCUT2D eigenvalue weighted by Crippen LogP contribution is -3.56. The first kappa shape index (κ1) is 13.6. The number of hydrogen-bond donors (Lipinski definition) is 0. The first-order chi connectivity index (χ1) is 17.5. The van der Waals surface area contributed by atoms with Gasteiger partial charge in [-0.25, -0.2) is 0 Å². The molecule has 29 atom stereocenters. The van der Waals surface area contributed by atoms with E-state index < -0.39 is 0 Å². The summed E-state index contributed by atoms with van der Waals surface area (Å²) in [5.41, 5.74) is 16.0. The van der Waals surface area contributed by atoms with Crippen LogP contribution >= 0.6 is 0 Å². The minimum atomic E-state index is 0.840. The quantitative estimate of drug-likeness (QED) is 0.490. The maximum absolute atomic E-state index is 3.14. The molecular weight excluding hydrogens is 432 g/mol. The summed E-state index contributed by atoms with van der Waals surface area (Å²) < 4.78 is 0. The van der Waals surface area contributed by atoms with Gasteiger partial charge in [-0.05, 0) is 189 Å². The molecule has 22 rings (SSSR count). The number of fused-ring (bicyclic) bond motifs is 9. The van der Waals surface area contributed by atoms with Gasteiger partial charge in [0.15, 0.2) is 0 Å². The Labute approximate surface area is 209 Å². The molecule has 13 spiro atoms. The Balaban J connectivity index is 1.09. The topological polar surface area (TPSA) is 0 Å². The fourth-order valence-electron chi connectivity index (χ4n) is 35.9. The van der Waals surface area contributed by atoms with Crippen LogP contribution in [0, 0.1) is 164 Å². The van der Waals surface area contributed by atoms with Gasteiger partial charge in [0.2, 0.25) is 0 Å². The smallest absolute Gasteiger partial charge is 0.000742 e. The molecule has 0 aliphatic heterocycles. The molecule has 0 bridgehead atoms. The van der Waals surface area contributed by atoms with Crippen LogP contribution in [-0.4, -0.2) is 0 Å². The maximum atomic E-state index is 3.14. The van der Waals surface area contributed by atoms with E-state index in [1.807, 2.05) is 0 Å². The van der Waals surface area contributed by atoms with E-state index in [2.05, 4.69) is 20.8 Å². The van der Waals surface area contributed by atoms with Gasteiger partial charge in [-0.15, -0.1) is 0 Å². The van der Waals surface area contributed by atoms with Crippen LogP contribution in [0.5, 0.6) is 0 Å². The highest BCUT2D eigenvalue weighted by Crippen LogP contribution is 3.60. The van der Waals surface area contributed by atoms with Crippen molar-refractivity contribution in [2.45, 2.75) is 46.5 Å². The normalized spacial score (nSPS) is 127. The average Bonchev–Trinajstić information content (AvgIpc) is 2.91. The van der Waals surface area contributed by atoms with Crippen molar-refractivity contribution in [3.63, 3.8) is 0 Å². The van der Waals surface area contributed by atoms with Crippen molar-refractivity contribution in [2.75, 3.05) is 0 Å². The predicted octanol–water partition coefficient (Wildman–Crippen LogP) is 4.70. The summed E-state index contributed by atoms with van der Waals surface area (Å²) in [7, 11) is 0. The Morgan fingerprint density at radius 1 is 0.389 bits per heavy atom. The summed E-state index contributed by atoms with van der Waals surface area (Å²) in [5.74, 6) is 16.9. The number of hydrogen-bond acceptors (Lipinski definition) is 0. The molecule has 0 amide bonds. The van der Waals surface area contributed by atoms with Crippen molar-refractivity contribution in [3.05, 3.63) is 0 Å².